The maximum Gasteiger partial charge on any atom is 0.183 e. The fourth-order valence-electron chi connectivity index (χ4n) is 3.08. The van der Waals surface area contributed by atoms with Crippen molar-refractivity contribution in [2.45, 2.75) is 6.54 Å². The number of imidazole rings is 1. The lowest BCUT2D eigenvalue weighted by Crippen LogP contribution is -2.46. The summed E-state index contributed by atoms with van der Waals surface area (Å²) in [6.45, 7) is 4.18. The monoisotopic (exact) mass is 353 g/mol. The predicted octanol–water partition coefficient (Wildman–Crippen LogP) is 1.97. The second-order valence-corrected chi connectivity index (χ2v) is 6.39. The first kappa shape index (κ1) is 15.8. The van der Waals surface area contributed by atoms with E-state index in [1.54, 1.807) is 12.4 Å². The standard InChI is InChI=1S/C17H16ClN7/c18-13-1-2-16-22-14(12-25(16)10-13)11-23-5-7-24(8-6-23)17-15(9-19)20-3-4-21-17/h1-4,10,12H,5-8,11H2. The van der Waals surface area contributed by atoms with E-state index >= 15 is 0 Å². The Kier molecular flexibility index (Phi) is 4.22. The number of nitriles is 1. The first-order valence-electron chi connectivity index (χ1n) is 8.04. The summed E-state index contributed by atoms with van der Waals surface area (Å²) < 4.78 is 1.95. The Balaban J connectivity index is 1.42. The lowest BCUT2D eigenvalue weighted by Gasteiger charge is -2.35. The van der Waals surface area contributed by atoms with Gasteiger partial charge in [-0.15, -0.1) is 0 Å². The number of nitrogens with zero attached hydrogens (tertiary/aromatic N) is 7. The van der Waals surface area contributed by atoms with Gasteiger partial charge in [0.15, 0.2) is 11.5 Å². The Hall–Kier alpha value is -2.69. The molecule has 1 aliphatic rings. The van der Waals surface area contributed by atoms with E-state index < -0.39 is 0 Å². The summed E-state index contributed by atoms with van der Waals surface area (Å²) >= 11 is 6.02. The average molecular weight is 354 g/mol. The molecule has 7 nitrogen and oxygen atoms in total. The molecule has 25 heavy (non-hydrogen) atoms. The number of halogens is 1. The van der Waals surface area contributed by atoms with Gasteiger partial charge in [-0.1, -0.05) is 11.6 Å². The minimum Gasteiger partial charge on any atom is -0.352 e. The highest BCUT2D eigenvalue weighted by atomic mass is 35.5. The van der Waals surface area contributed by atoms with Crippen LogP contribution in [0.5, 0.6) is 0 Å². The lowest BCUT2D eigenvalue weighted by atomic mass is 10.2. The van der Waals surface area contributed by atoms with Gasteiger partial charge >= 0.3 is 0 Å². The molecular weight excluding hydrogens is 338 g/mol. The molecule has 1 saturated heterocycles. The van der Waals surface area contributed by atoms with Crippen molar-refractivity contribution in [1.29, 1.82) is 5.26 Å². The van der Waals surface area contributed by atoms with Gasteiger partial charge in [0.05, 0.1) is 10.7 Å². The van der Waals surface area contributed by atoms with Crippen molar-refractivity contribution in [1.82, 2.24) is 24.3 Å². The van der Waals surface area contributed by atoms with E-state index in [0.717, 1.165) is 44.1 Å². The summed E-state index contributed by atoms with van der Waals surface area (Å²) in [5.41, 5.74) is 2.30. The molecule has 1 fully saturated rings. The van der Waals surface area contributed by atoms with E-state index in [4.69, 9.17) is 11.6 Å². The number of anilines is 1. The number of pyridine rings is 1. The third-order valence-corrected chi connectivity index (χ3v) is 4.53. The largest absolute Gasteiger partial charge is 0.352 e. The summed E-state index contributed by atoms with van der Waals surface area (Å²) in [6, 6.07) is 5.88. The van der Waals surface area contributed by atoms with E-state index in [1.165, 1.54) is 0 Å². The van der Waals surface area contributed by atoms with Crippen LogP contribution in [0.4, 0.5) is 5.82 Å². The van der Waals surface area contributed by atoms with E-state index in [2.05, 4.69) is 30.8 Å². The van der Waals surface area contributed by atoms with E-state index in [-0.39, 0.29) is 0 Å². The Morgan fingerprint density at radius 3 is 2.68 bits per heavy atom. The maximum atomic E-state index is 9.17. The van der Waals surface area contributed by atoms with Gasteiger partial charge in [-0.25, -0.2) is 15.0 Å². The molecule has 4 heterocycles. The second kappa shape index (κ2) is 6.67. The fourth-order valence-corrected chi connectivity index (χ4v) is 3.25. The van der Waals surface area contributed by atoms with E-state index in [9.17, 15) is 5.26 Å². The van der Waals surface area contributed by atoms with Crippen LogP contribution in [0.2, 0.25) is 5.02 Å². The van der Waals surface area contributed by atoms with Crippen molar-refractivity contribution >= 4 is 23.1 Å². The topological polar surface area (TPSA) is 73.4 Å². The molecule has 0 bridgehead atoms. The Labute approximate surface area is 150 Å². The zero-order valence-electron chi connectivity index (χ0n) is 13.5. The second-order valence-electron chi connectivity index (χ2n) is 5.95. The minimum absolute atomic E-state index is 0.383. The molecule has 3 aromatic rings. The molecule has 0 aromatic carbocycles. The quantitative estimate of drug-likeness (QED) is 0.716. The zero-order chi connectivity index (χ0) is 17.2. The fraction of sp³-hybridized carbons (Fsp3) is 0.294. The van der Waals surface area contributed by atoms with Crippen LogP contribution < -0.4 is 4.90 Å². The molecule has 126 valence electrons. The van der Waals surface area contributed by atoms with Crippen molar-refractivity contribution in [3.63, 3.8) is 0 Å². The summed E-state index contributed by atoms with van der Waals surface area (Å²) in [5, 5.41) is 9.87. The number of fused-ring (bicyclic) bond motifs is 1. The third kappa shape index (κ3) is 3.27. The van der Waals surface area contributed by atoms with Crippen molar-refractivity contribution in [2.24, 2.45) is 0 Å². The smallest absolute Gasteiger partial charge is 0.183 e. The number of hydrogen-bond donors (Lipinski definition) is 0. The molecule has 0 spiro atoms. The van der Waals surface area contributed by atoms with Crippen LogP contribution in [0.3, 0.4) is 0 Å². The molecule has 1 aliphatic heterocycles. The van der Waals surface area contributed by atoms with E-state index in [1.807, 2.05) is 28.9 Å². The highest BCUT2D eigenvalue weighted by molar-refractivity contribution is 6.30. The summed E-state index contributed by atoms with van der Waals surface area (Å²) in [6.07, 6.45) is 7.06. The van der Waals surface area contributed by atoms with Gasteiger partial charge in [0.1, 0.15) is 11.7 Å². The number of aromatic nitrogens is 4. The molecule has 0 saturated carbocycles. The SMILES string of the molecule is N#Cc1nccnc1N1CCN(Cc2cn3cc(Cl)ccc3n2)CC1. The molecule has 0 N–H and O–H groups in total. The molecule has 0 amide bonds. The van der Waals surface area contributed by atoms with Crippen molar-refractivity contribution < 1.29 is 0 Å². The lowest BCUT2D eigenvalue weighted by molar-refractivity contribution is 0.247. The van der Waals surface area contributed by atoms with Gasteiger partial charge < -0.3 is 9.30 Å². The normalized spacial score (nSPS) is 15.4. The summed E-state index contributed by atoms with van der Waals surface area (Å²) in [7, 11) is 0. The third-order valence-electron chi connectivity index (χ3n) is 4.31. The Morgan fingerprint density at radius 2 is 1.88 bits per heavy atom. The molecule has 4 rings (SSSR count). The van der Waals surface area contributed by atoms with Crippen LogP contribution in [0, 0.1) is 11.3 Å². The number of hydrogen-bond acceptors (Lipinski definition) is 6. The van der Waals surface area contributed by atoms with Crippen molar-refractivity contribution in [3.05, 3.63) is 53.3 Å². The summed E-state index contributed by atoms with van der Waals surface area (Å²) in [5.74, 6) is 0.673. The molecule has 0 unspecified atom stereocenters. The van der Waals surface area contributed by atoms with Gasteiger partial charge in [0.25, 0.3) is 0 Å². The molecule has 0 aliphatic carbocycles. The summed E-state index contributed by atoms with van der Waals surface area (Å²) in [4.78, 5) is 17.5. The van der Waals surface area contributed by atoms with Crippen molar-refractivity contribution in [3.8, 4) is 6.07 Å². The Morgan fingerprint density at radius 1 is 1.08 bits per heavy atom. The number of rotatable bonds is 3. The molecular formula is C17H16ClN7. The predicted molar refractivity (Wildman–Crippen MR) is 94.4 cm³/mol. The number of piperazine rings is 1. The van der Waals surface area contributed by atoms with Crippen LogP contribution >= 0.6 is 11.6 Å². The van der Waals surface area contributed by atoms with Crippen LogP contribution in [0.15, 0.2) is 36.9 Å². The zero-order valence-corrected chi connectivity index (χ0v) is 14.3. The first-order chi connectivity index (χ1) is 12.2. The van der Waals surface area contributed by atoms with Crippen molar-refractivity contribution in [2.75, 3.05) is 31.1 Å². The maximum absolute atomic E-state index is 9.17. The van der Waals surface area contributed by atoms with Gasteiger partial charge in [-0.3, -0.25) is 4.90 Å². The van der Waals surface area contributed by atoms with Crippen LogP contribution in [-0.4, -0.2) is 50.4 Å². The van der Waals surface area contributed by atoms with Gasteiger partial charge in [-0.2, -0.15) is 5.26 Å². The minimum atomic E-state index is 0.383. The Bertz CT molecular complexity index is 938. The highest BCUT2D eigenvalue weighted by Crippen LogP contribution is 2.18. The molecule has 0 atom stereocenters. The molecule has 8 heteroatoms. The highest BCUT2D eigenvalue weighted by Gasteiger charge is 2.21. The van der Waals surface area contributed by atoms with Gasteiger partial charge in [0.2, 0.25) is 0 Å². The van der Waals surface area contributed by atoms with Gasteiger partial charge in [0, 0.05) is 57.5 Å². The van der Waals surface area contributed by atoms with Crippen LogP contribution in [0.1, 0.15) is 11.4 Å². The molecule has 3 aromatic heterocycles. The molecule has 0 radical (unpaired) electrons. The average Bonchev–Trinajstić information content (AvgIpc) is 3.03. The first-order valence-corrected chi connectivity index (χ1v) is 8.42. The van der Waals surface area contributed by atoms with Crippen LogP contribution in [0.25, 0.3) is 5.65 Å². The van der Waals surface area contributed by atoms with Crippen LogP contribution in [-0.2, 0) is 6.54 Å². The van der Waals surface area contributed by atoms with Gasteiger partial charge in [-0.05, 0) is 12.1 Å². The van der Waals surface area contributed by atoms with E-state index in [0.29, 0.717) is 16.5 Å².